The molecule has 0 amide bonds. The van der Waals surface area contributed by atoms with Crippen LogP contribution in [0, 0.1) is 0 Å². The smallest absolute Gasteiger partial charge is 0.243 e. The van der Waals surface area contributed by atoms with Crippen LogP contribution in [0.3, 0.4) is 0 Å². The van der Waals surface area contributed by atoms with Gasteiger partial charge in [-0.25, -0.2) is 13.4 Å². The van der Waals surface area contributed by atoms with E-state index in [-0.39, 0.29) is 5.92 Å². The van der Waals surface area contributed by atoms with E-state index in [1.807, 2.05) is 36.4 Å². The molecule has 1 atom stereocenters. The molecule has 140 valence electrons. The summed E-state index contributed by atoms with van der Waals surface area (Å²) in [5.74, 6) is 0.639. The zero-order chi connectivity index (χ0) is 18.4. The minimum Gasteiger partial charge on any atom is -0.440 e. The largest absolute Gasteiger partial charge is 0.440 e. The molecule has 5 rings (SSSR count). The highest BCUT2D eigenvalue weighted by molar-refractivity contribution is 7.89. The number of rotatable bonds is 3. The fourth-order valence-electron chi connectivity index (χ4n) is 4.28. The molecule has 2 heterocycles. The van der Waals surface area contributed by atoms with E-state index >= 15 is 0 Å². The van der Waals surface area contributed by atoms with Crippen molar-refractivity contribution in [1.29, 1.82) is 0 Å². The highest BCUT2D eigenvalue weighted by Crippen LogP contribution is 2.33. The third-order valence-electron chi connectivity index (χ3n) is 5.75. The van der Waals surface area contributed by atoms with Gasteiger partial charge in [-0.3, -0.25) is 0 Å². The van der Waals surface area contributed by atoms with Crippen molar-refractivity contribution >= 4 is 21.1 Å². The van der Waals surface area contributed by atoms with Gasteiger partial charge in [0.15, 0.2) is 11.5 Å². The average molecular weight is 382 g/mol. The Morgan fingerprint density at radius 2 is 1.89 bits per heavy atom. The number of para-hydroxylation sites is 2. The molecule has 0 spiro atoms. The summed E-state index contributed by atoms with van der Waals surface area (Å²) < 4.78 is 33.9. The first-order valence-electron chi connectivity index (χ1n) is 9.59. The number of nitrogens with zero attached hydrogens (tertiary/aromatic N) is 2. The Labute approximate surface area is 159 Å². The second kappa shape index (κ2) is 6.46. The van der Waals surface area contributed by atoms with Crippen molar-refractivity contribution in [2.24, 2.45) is 0 Å². The average Bonchev–Trinajstić information content (AvgIpc) is 3.34. The van der Waals surface area contributed by atoms with Gasteiger partial charge < -0.3 is 4.42 Å². The Balaban J connectivity index is 1.43. The molecule has 3 aromatic rings. The van der Waals surface area contributed by atoms with Crippen molar-refractivity contribution in [3.8, 4) is 0 Å². The Morgan fingerprint density at radius 3 is 2.78 bits per heavy atom. The number of piperidine rings is 1. The Hall–Kier alpha value is -2.18. The molecule has 1 aromatic heterocycles. The maximum Gasteiger partial charge on any atom is 0.243 e. The summed E-state index contributed by atoms with van der Waals surface area (Å²) in [6.07, 6.45) is 4.85. The number of hydrogen-bond donors (Lipinski definition) is 0. The van der Waals surface area contributed by atoms with E-state index in [2.05, 4.69) is 4.98 Å². The van der Waals surface area contributed by atoms with Crippen LogP contribution in [0.5, 0.6) is 0 Å². The van der Waals surface area contributed by atoms with Crippen molar-refractivity contribution in [3.05, 3.63) is 59.5 Å². The molecule has 2 aliphatic rings. The van der Waals surface area contributed by atoms with Gasteiger partial charge in [0.25, 0.3) is 0 Å². The maximum atomic E-state index is 13.2. The zero-order valence-corrected chi connectivity index (χ0v) is 15.9. The van der Waals surface area contributed by atoms with E-state index in [1.165, 1.54) is 11.1 Å². The van der Waals surface area contributed by atoms with E-state index in [9.17, 15) is 8.42 Å². The van der Waals surface area contributed by atoms with Crippen molar-refractivity contribution in [2.75, 3.05) is 13.1 Å². The molecule has 6 heteroatoms. The Kier molecular flexibility index (Phi) is 4.06. The van der Waals surface area contributed by atoms with Crippen LogP contribution < -0.4 is 0 Å². The lowest BCUT2D eigenvalue weighted by atomic mass is 10.00. The van der Waals surface area contributed by atoms with Gasteiger partial charge in [-0.05, 0) is 67.5 Å². The first-order valence-corrected chi connectivity index (χ1v) is 11.0. The van der Waals surface area contributed by atoms with Gasteiger partial charge in [0.1, 0.15) is 5.52 Å². The molecule has 1 aliphatic carbocycles. The fourth-order valence-corrected chi connectivity index (χ4v) is 5.86. The standard InChI is InChI=1S/C21H22N2O3S/c24-27(25,18-11-10-15-5-3-6-16(15)13-18)23-12-4-7-17(14-23)21-22-19-8-1-2-9-20(19)26-21/h1-2,8-11,13,17H,3-7,12,14H2. The van der Waals surface area contributed by atoms with E-state index in [1.54, 1.807) is 10.4 Å². The molecular weight excluding hydrogens is 360 g/mol. The summed E-state index contributed by atoms with van der Waals surface area (Å²) in [4.78, 5) is 5.00. The molecule has 0 N–H and O–H groups in total. The maximum absolute atomic E-state index is 13.2. The Bertz CT molecular complexity index is 1070. The van der Waals surface area contributed by atoms with Crippen LogP contribution in [0.2, 0.25) is 0 Å². The predicted octanol–water partition coefficient (Wildman–Crippen LogP) is 3.88. The van der Waals surface area contributed by atoms with Crippen molar-refractivity contribution < 1.29 is 12.8 Å². The van der Waals surface area contributed by atoms with Crippen LogP contribution in [0.4, 0.5) is 0 Å². The molecule has 0 saturated carbocycles. The van der Waals surface area contributed by atoms with Crippen LogP contribution in [0.25, 0.3) is 11.1 Å². The van der Waals surface area contributed by atoms with Gasteiger partial charge in [-0.2, -0.15) is 4.31 Å². The molecule has 1 unspecified atom stereocenters. The monoisotopic (exact) mass is 382 g/mol. The van der Waals surface area contributed by atoms with E-state index in [4.69, 9.17) is 4.42 Å². The van der Waals surface area contributed by atoms with E-state index in [0.717, 1.165) is 43.2 Å². The van der Waals surface area contributed by atoms with Crippen LogP contribution in [-0.4, -0.2) is 30.8 Å². The van der Waals surface area contributed by atoms with E-state index < -0.39 is 10.0 Å². The van der Waals surface area contributed by atoms with Crippen molar-refractivity contribution in [1.82, 2.24) is 9.29 Å². The van der Waals surface area contributed by atoms with Gasteiger partial charge in [-0.1, -0.05) is 18.2 Å². The van der Waals surface area contributed by atoms with Gasteiger partial charge in [0.05, 0.1) is 4.90 Å². The van der Waals surface area contributed by atoms with Gasteiger partial charge in [0.2, 0.25) is 10.0 Å². The minimum atomic E-state index is -3.49. The van der Waals surface area contributed by atoms with Crippen LogP contribution in [-0.2, 0) is 22.9 Å². The summed E-state index contributed by atoms with van der Waals surface area (Å²) in [6.45, 7) is 0.975. The molecule has 1 aliphatic heterocycles. The molecule has 0 radical (unpaired) electrons. The summed E-state index contributed by atoms with van der Waals surface area (Å²) in [5, 5.41) is 0. The lowest BCUT2D eigenvalue weighted by molar-refractivity contribution is 0.288. The summed E-state index contributed by atoms with van der Waals surface area (Å²) >= 11 is 0. The predicted molar refractivity (Wildman–Crippen MR) is 103 cm³/mol. The third-order valence-corrected chi connectivity index (χ3v) is 7.61. The van der Waals surface area contributed by atoms with Gasteiger partial charge >= 0.3 is 0 Å². The summed E-state index contributed by atoms with van der Waals surface area (Å²) in [7, 11) is -3.49. The number of aryl methyl sites for hydroxylation is 2. The molecule has 5 nitrogen and oxygen atoms in total. The number of oxazole rings is 1. The number of benzene rings is 2. The second-order valence-corrected chi connectivity index (χ2v) is 9.44. The number of aromatic nitrogens is 1. The lowest BCUT2D eigenvalue weighted by Gasteiger charge is -2.30. The molecule has 27 heavy (non-hydrogen) atoms. The summed E-state index contributed by atoms with van der Waals surface area (Å²) in [5.41, 5.74) is 4.05. The number of fused-ring (bicyclic) bond motifs is 2. The molecule has 2 aromatic carbocycles. The SMILES string of the molecule is O=S(=O)(c1ccc2c(c1)CCC2)N1CCCC(c2nc3ccccc3o2)C1. The third kappa shape index (κ3) is 2.97. The van der Waals surface area contributed by atoms with Crippen LogP contribution in [0.1, 0.15) is 42.2 Å². The molecular formula is C21H22N2O3S. The first kappa shape index (κ1) is 17.0. The van der Waals surface area contributed by atoms with Gasteiger partial charge in [0, 0.05) is 19.0 Å². The van der Waals surface area contributed by atoms with Gasteiger partial charge in [-0.15, -0.1) is 0 Å². The van der Waals surface area contributed by atoms with E-state index in [0.29, 0.717) is 23.9 Å². The summed E-state index contributed by atoms with van der Waals surface area (Å²) in [6, 6.07) is 13.3. The Morgan fingerprint density at radius 1 is 1.04 bits per heavy atom. The normalized spacial score (nSPS) is 20.8. The topological polar surface area (TPSA) is 63.4 Å². The fraction of sp³-hybridized carbons (Fsp3) is 0.381. The highest BCUT2D eigenvalue weighted by atomic mass is 32.2. The number of hydrogen-bond acceptors (Lipinski definition) is 4. The quantitative estimate of drug-likeness (QED) is 0.689. The highest BCUT2D eigenvalue weighted by Gasteiger charge is 2.33. The second-order valence-electron chi connectivity index (χ2n) is 7.51. The number of sulfonamides is 1. The first-order chi connectivity index (χ1) is 13.1. The van der Waals surface area contributed by atoms with Crippen molar-refractivity contribution in [2.45, 2.75) is 42.9 Å². The zero-order valence-electron chi connectivity index (χ0n) is 15.1. The lowest BCUT2D eigenvalue weighted by Crippen LogP contribution is -2.39. The van der Waals surface area contributed by atoms with Crippen LogP contribution in [0.15, 0.2) is 51.8 Å². The molecule has 0 bridgehead atoms. The van der Waals surface area contributed by atoms with Crippen molar-refractivity contribution in [3.63, 3.8) is 0 Å². The van der Waals surface area contributed by atoms with Crippen LogP contribution >= 0.6 is 0 Å². The molecule has 1 saturated heterocycles. The minimum absolute atomic E-state index is 0.00430. The molecule has 1 fully saturated rings.